The highest BCUT2D eigenvalue weighted by atomic mass is 16.5. The van der Waals surface area contributed by atoms with Crippen LogP contribution < -0.4 is 10.1 Å². The van der Waals surface area contributed by atoms with Gasteiger partial charge in [-0.2, -0.15) is 0 Å². The maximum atomic E-state index is 5.92. The first-order valence-electron chi connectivity index (χ1n) is 7.16. The first kappa shape index (κ1) is 13.1. The summed E-state index contributed by atoms with van der Waals surface area (Å²) in [6.07, 6.45) is 4.91. The topological polar surface area (TPSA) is 34.1 Å². The Bertz CT molecular complexity index is 556. The van der Waals surface area contributed by atoms with Crippen molar-refractivity contribution >= 4 is 0 Å². The van der Waals surface area contributed by atoms with Gasteiger partial charge in [-0.1, -0.05) is 31.2 Å². The molecule has 0 bridgehead atoms. The molecular formula is C17H20N2O. The lowest BCUT2D eigenvalue weighted by Crippen LogP contribution is -2.17. The Morgan fingerprint density at radius 2 is 2.10 bits per heavy atom. The highest BCUT2D eigenvalue weighted by Gasteiger charge is 2.31. The van der Waals surface area contributed by atoms with E-state index in [-0.39, 0.29) is 0 Å². The Morgan fingerprint density at radius 3 is 2.85 bits per heavy atom. The summed E-state index contributed by atoms with van der Waals surface area (Å²) in [7, 11) is 0. The second-order valence-corrected chi connectivity index (χ2v) is 5.46. The molecule has 3 rings (SSSR count). The molecule has 1 saturated carbocycles. The lowest BCUT2D eigenvalue weighted by atomic mass is 10.2. The summed E-state index contributed by atoms with van der Waals surface area (Å²) in [6, 6.07) is 12.9. The van der Waals surface area contributed by atoms with Crippen molar-refractivity contribution in [3.05, 3.63) is 59.9 Å². The van der Waals surface area contributed by atoms with Gasteiger partial charge in [0.1, 0.15) is 12.4 Å². The van der Waals surface area contributed by atoms with E-state index in [1.54, 1.807) is 6.20 Å². The van der Waals surface area contributed by atoms with Crippen molar-refractivity contribution in [2.45, 2.75) is 32.5 Å². The maximum Gasteiger partial charge on any atom is 0.124 e. The molecule has 1 aromatic heterocycles. The summed E-state index contributed by atoms with van der Waals surface area (Å²) in [5.74, 6) is 1.77. The van der Waals surface area contributed by atoms with E-state index in [1.165, 1.54) is 12.0 Å². The van der Waals surface area contributed by atoms with Crippen molar-refractivity contribution in [3.63, 3.8) is 0 Å². The molecule has 0 radical (unpaired) electrons. The van der Waals surface area contributed by atoms with Gasteiger partial charge in [-0.3, -0.25) is 4.98 Å². The van der Waals surface area contributed by atoms with Gasteiger partial charge in [-0.15, -0.1) is 0 Å². The third-order valence-corrected chi connectivity index (χ3v) is 3.75. The van der Waals surface area contributed by atoms with Gasteiger partial charge in [0.25, 0.3) is 0 Å². The number of rotatable bonds is 6. The SMILES string of the molecule is C[C@@H]1C[C@H]1NCc1ccccc1OCc1cccnc1. The number of benzene rings is 1. The van der Waals surface area contributed by atoms with Gasteiger partial charge in [0.2, 0.25) is 0 Å². The largest absolute Gasteiger partial charge is 0.489 e. The number of hydrogen-bond acceptors (Lipinski definition) is 3. The quantitative estimate of drug-likeness (QED) is 0.874. The second kappa shape index (κ2) is 6.06. The number of para-hydroxylation sites is 1. The minimum absolute atomic E-state index is 0.560. The average molecular weight is 268 g/mol. The van der Waals surface area contributed by atoms with E-state index < -0.39 is 0 Å². The van der Waals surface area contributed by atoms with Crippen molar-refractivity contribution < 1.29 is 4.74 Å². The molecule has 1 aromatic carbocycles. The molecule has 2 aromatic rings. The predicted molar refractivity (Wildman–Crippen MR) is 79.4 cm³/mol. The molecule has 3 nitrogen and oxygen atoms in total. The van der Waals surface area contributed by atoms with Gasteiger partial charge in [-0.25, -0.2) is 0 Å². The molecule has 1 heterocycles. The highest BCUT2D eigenvalue weighted by molar-refractivity contribution is 5.33. The zero-order valence-corrected chi connectivity index (χ0v) is 11.8. The number of nitrogens with zero attached hydrogens (tertiary/aromatic N) is 1. The van der Waals surface area contributed by atoms with E-state index in [2.05, 4.69) is 29.4 Å². The number of aromatic nitrogens is 1. The van der Waals surface area contributed by atoms with E-state index in [0.717, 1.165) is 23.8 Å². The molecule has 0 saturated heterocycles. The smallest absolute Gasteiger partial charge is 0.124 e. The number of hydrogen-bond donors (Lipinski definition) is 1. The van der Waals surface area contributed by atoms with Gasteiger partial charge in [0.15, 0.2) is 0 Å². The Morgan fingerprint density at radius 1 is 1.25 bits per heavy atom. The Balaban J connectivity index is 1.60. The molecule has 104 valence electrons. The Hall–Kier alpha value is -1.87. The predicted octanol–water partition coefficient (Wildman–Crippen LogP) is 3.16. The van der Waals surface area contributed by atoms with Crippen LogP contribution in [0.4, 0.5) is 0 Å². The summed E-state index contributed by atoms with van der Waals surface area (Å²) in [5, 5.41) is 3.57. The first-order chi connectivity index (χ1) is 9.83. The molecule has 1 fully saturated rings. The van der Waals surface area contributed by atoms with Crippen LogP contribution in [0.5, 0.6) is 5.75 Å². The minimum Gasteiger partial charge on any atom is -0.489 e. The van der Waals surface area contributed by atoms with Gasteiger partial charge in [0.05, 0.1) is 0 Å². The van der Waals surface area contributed by atoms with Crippen LogP contribution in [0.2, 0.25) is 0 Å². The van der Waals surface area contributed by atoms with Crippen LogP contribution in [0.25, 0.3) is 0 Å². The van der Waals surface area contributed by atoms with E-state index in [1.807, 2.05) is 30.5 Å². The second-order valence-electron chi connectivity index (χ2n) is 5.46. The van der Waals surface area contributed by atoms with Crippen LogP contribution in [-0.4, -0.2) is 11.0 Å². The zero-order chi connectivity index (χ0) is 13.8. The van der Waals surface area contributed by atoms with Crippen LogP contribution in [-0.2, 0) is 13.2 Å². The summed E-state index contributed by atoms with van der Waals surface area (Å²) < 4.78 is 5.92. The Kier molecular flexibility index (Phi) is 3.97. The monoisotopic (exact) mass is 268 g/mol. The van der Waals surface area contributed by atoms with Crippen LogP contribution >= 0.6 is 0 Å². The summed E-state index contributed by atoms with van der Waals surface area (Å²) in [6.45, 7) is 3.71. The molecule has 1 N–H and O–H groups in total. The van der Waals surface area contributed by atoms with Gasteiger partial charge in [0, 0.05) is 36.1 Å². The number of nitrogens with one attached hydrogen (secondary N) is 1. The van der Waals surface area contributed by atoms with Crippen molar-refractivity contribution in [3.8, 4) is 5.75 Å². The van der Waals surface area contributed by atoms with E-state index in [4.69, 9.17) is 4.74 Å². The fourth-order valence-electron chi connectivity index (χ4n) is 2.28. The molecule has 0 spiro atoms. The van der Waals surface area contributed by atoms with Crippen LogP contribution in [0.3, 0.4) is 0 Å². The molecule has 0 unspecified atom stereocenters. The van der Waals surface area contributed by atoms with E-state index >= 15 is 0 Å². The van der Waals surface area contributed by atoms with Crippen molar-refractivity contribution in [1.29, 1.82) is 0 Å². The van der Waals surface area contributed by atoms with E-state index in [9.17, 15) is 0 Å². The average Bonchev–Trinajstić information content (AvgIpc) is 3.20. The van der Waals surface area contributed by atoms with Crippen molar-refractivity contribution in [1.82, 2.24) is 10.3 Å². The van der Waals surface area contributed by atoms with E-state index in [0.29, 0.717) is 12.6 Å². The zero-order valence-electron chi connectivity index (χ0n) is 11.8. The van der Waals surface area contributed by atoms with Crippen molar-refractivity contribution in [2.24, 2.45) is 5.92 Å². The normalized spacial score (nSPS) is 20.6. The molecule has 0 amide bonds. The molecule has 20 heavy (non-hydrogen) atoms. The lowest BCUT2D eigenvalue weighted by molar-refractivity contribution is 0.301. The highest BCUT2D eigenvalue weighted by Crippen LogP contribution is 2.30. The van der Waals surface area contributed by atoms with Gasteiger partial charge < -0.3 is 10.1 Å². The lowest BCUT2D eigenvalue weighted by Gasteiger charge is -2.12. The van der Waals surface area contributed by atoms with Gasteiger partial charge >= 0.3 is 0 Å². The fraction of sp³-hybridized carbons (Fsp3) is 0.353. The maximum absolute atomic E-state index is 5.92. The minimum atomic E-state index is 0.560. The summed E-state index contributed by atoms with van der Waals surface area (Å²) >= 11 is 0. The molecular weight excluding hydrogens is 248 g/mol. The van der Waals surface area contributed by atoms with Gasteiger partial charge in [-0.05, 0) is 24.5 Å². The first-order valence-corrected chi connectivity index (χ1v) is 7.16. The van der Waals surface area contributed by atoms with Crippen LogP contribution in [0, 0.1) is 5.92 Å². The molecule has 1 aliphatic rings. The third-order valence-electron chi connectivity index (χ3n) is 3.75. The molecule has 2 atom stereocenters. The molecule has 1 aliphatic carbocycles. The summed E-state index contributed by atoms with van der Waals surface area (Å²) in [4.78, 5) is 4.10. The molecule has 0 aliphatic heterocycles. The standard InChI is InChI=1S/C17H20N2O/c1-13-9-16(13)19-11-15-6-2-3-7-17(15)20-12-14-5-4-8-18-10-14/h2-8,10,13,16,19H,9,11-12H2,1H3/t13-,16-/m1/s1. The number of ether oxygens (including phenoxy) is 1. The fourth-order valence-corrected chi connectivity index (χ4v) is 2.28. The molecule has 3 heteroatoms. The van der Waals surface area contributed by atoms with Crippen LogP contribution in [0.15, 0.2) is 48.8 Å². The van der Waals surface area contributed by atoms with Crippen molar-refractivity contribution in [2.75, 3.05) is 0 Å². The van der Waals surface area contributed by atoms with Crippen LogP contribution in [0.1, 0.15) is 24.5 Å². The Labute approximate surface area is 120 Å². The number of pyridine rings is 1. The summed E-state index contributed by atoms with van der Waals surface area (Å²) in [5.41, 5.74) is 2.31. The third kappa shape index (κ3) is 3.36.